The van der Waals surface area contributed by atoms with E-state index < -0.39 is 11.7 Å². The van der Waals surface area contributed by atoms with E-state index in [1.807, 2.05) is 37.3 Å². The molecule has 0 aliphatic heterocycles. The summed E-state index contributed by atoms with van der Waals surface area (Å²) >= 11 is 0. The van der Waals surface area contributed by atoms with Crippen LogP contribution in [0.25, 0.3) is 0 Å². The van der Waals surface area contributed by atoms with Crippen LogP contribution >= 0.6 is 0 Å². The van der Waals surface area contributed by atoms with E-state index in [4.69, 9.17) is 5.73 Å². The highest BCUT2D eigenvalue weighted by Gasteiger charge is 2.31. The van der Waals surface area contributed by atoms with Crippen molar-refractivity contribution in [3.05, 3.63) is 71.3 Å². The van der Waals surface area contributed by atoms with Crippen molar-refractivity contribution >= 4 is 0 Å². The third-order valence-electron chi connectivity index (χ3n) is 4.26. The molecule has 1 unspecified atom stereocenters. The lowest BCUT2D eigenvalue weighted by Crippen LogP contribution is -2.38. The van der Waals surface area contributed by atoms with E-state index in [1.165, 1.54) is 12.1 Å². The highest BCUT2D eigenvalue weighted by atomic mass is 19.4. The molecule has 0 bridgehead atoms. The highest BCUT2D eigenvalue weighted by Crippen LogP contribution is 2.32. The van der Waals surface area contributed by atoms with E-state index in [0.717, 1.165) is 24.5 Å². The van der Waals surface area contributed by atoms with E-state index in [1.54, 1.807) is 6.07 Å². The molecule has 0 heterocycles. The molecule has 2 aromatic carbocycles. The van der Waals surface area contributed by atoms with Crippen LogP contribution in [0.5, 0.6) is 0 Å². The normalized spacial score (nSPS) is 15.6. The first kappa shape index (κ1) is 19.5. The van der Waals surface area contributed by atoms with Crippen LogP contribution in [-0.2, 0) is 6.18 Å². The standard InChI is InChI=1S/C20H25F3N2/c1-3-8-18(15-9-5-4-6-10-15)25-19(14(2)24)16-11-7-12-17(13-16)20(21,22)23/h4-7,9-14,18-19,25H,3,8,24H2,1-2H3/t14?,18-,19-/m1/s1. The second kappa shape index (κ2) is 8.50. The zero-order chi connectivity index (χ0) is 18.4. The van der Waals surface area contributed by atoms with E-state index in [0.29, 0.717) is 5.56 Å². The quantitative estimate of drug-likeness (QED) is 0.718. The molecule has 0 aliphatic carbocycles. The number of hydrogen-bond donors (Lipinski definition) is 2. The van der Waals surface area contributed by atoms with Gasteiger partial charge >= 0.3 is 6.18 Å². The first-order valence-corrected chi connectivity index (χ1v) is 8.56. The first-order valence-electron chi connectivity index (χ1n) is 8.56. The molecule has 0 saturated carbocycles. The maximum absolute atomic E-state index is 13.0. The third-order valence-corrected chi connectivity index (χ3v) is 4.26. The molecule has 136 valence electrons. The summed E-state index contributed by atoms with van der Waals surface area (Å²) < 4.78 is 39.1. The maximum Gasteiger partial charge on any atom is 0.416 e. The molecule has 0 amide bonds. The van der Waals surface area contributed by atoms with Crippen molar-refractivity contribution in [1.29, 1.82) is 0 Å². The Morgan fingerprint density at radius 3 is 2.20 bits per heavy atom. The number of nitrogens with one attached hydrogen (secondary N) is 1. The summed E-state index contributed by atoms with van der Waals surface area (Å²) in [5, 5.41) is 3.47. The SMILES string of the molecule is CCC[C@@H](N[C@@H](c1cccc(C(F)(F)F)c1)C(C)N)c1ccccc1. The summed E-state index contributed by atoms with van der Waals surface area (Å²) in [4.78, 5) is 0. The van der Waals surface area contributed by atoms with Gasteiger partial charge in [-0.25, -0.2) is 0 Å². The van der Waals surface area contributed by atoms with E-state index in [2.05, 4.69) is 12.2 Å². The van der Waals surface area contributed by atoms with Gasteiger partial charge in [-0.1, -0.05) is 55.8 Å². The van der Waals surface area contributed by atoms with Crippen molar-refractivity contribution in [2.24, 2.45) is 5.73 Å². The Balaban J connectivity index is 2.31. The molecule has 2 nitrogen and oxygen atoms in total. The summed E-state index contributed by atoms with van der Waals surface area (Å²) in [7, 11) is 0. The molecule has 0 aromatic heterocycles. The van der Waals surface area contributed by atoms with Crippen molar-refractivity contribution in [1.82, 2.24) is 5.32 Å². The average molecular weight is 350 g/mol. The van der Waals surface area contributed by atoms with Crippen molar-refractivity contribution < 1.29 is 13.2 Å². The molecule has 3 atom stereocenters. The van der Waals surface area contributed by atoms with Crippen LogP contribution in [0, 0.1) is 0 Å². The Hall–Kier alpha value is -1.85. The Labute approximate surface area is 147 Å². The molecule has 0 saturated heterocycles. The van der Waals surface area contributed by atoms with Crippen molar-refractivity contribution in [3.63, 3.8) is 0 Å². The molecule has 0 spiro atoms. The summed E-state index contributed by atoms with van der Waals surface area (Å²) in [6.45, 7) is 3.90. The molecule has 3 N–H and O–H groups in total. The summed E-state index contributed by atoms with van der Waals surface area (Å²) in [5.74, 6) is 0. The van der Waals surface area contributed by atoms with Gasteiger partial charge in [-0.3, -0.25) is 0 Å². The Bertz CT molecular complexity index is 653. The van der Waals surface area contributed by atoms with Gasteiger partial charge in [0.2, 0.25) is 0 Å². The lowest BCUT2D eigenvalue weighted by Gasteiger charge is -2.29. The topological polar surface area (TPSA) is 38.0 Å². The molecular formula is C20H25F3N2. The van der Waals surface area contributed by atoms with Crippen LogP contribution in [0.2, 0.25) is 0 Å². The van der Waals surface area contributed by atoms with E-state index >= 15 is 0 Å². The third kappa shape index (κ3) is 5.31. The number of halogens is 3. The molecule has 25 heavy (non-hydrogen) atoms. The predicted molar refractivity (Wildman–Crippen MR) is 95.1 cm³/mol. The molecule has 2 rings (SSSR count). The number of alkyl halides is 3. The van der Waals surface area contributed by atoms with Gasteiger partial charge < -0.3 is 11.1 Å². The van der Waals surface area contributed by atoms with E-state index in [9.17, 15) is 13.2 Å². The van der Waals surface area contributed by atoms with Crippen molar-refractivity contribution in [3.8, 4) is 0 Å². The summed E-state index contributed by atoms with van der Waals surface area (Å²) in [6.07, 6.45) is -2.52. The number of rotatable bonds is 7. The summed E-state index contributed by atoms with van der Waals surface area (Å²) in [5.41, 5.74) is 7.13. The fourth-order valence-electron chi connectivity index (χ4n) is 3.00. The smallest absolute Gasteiger partial charge is 0.326 e. The largest absolute Gasteiger partial charge is 0.416 e. The minimum Gasteiger partial charge on any atom is -0.326 e. The first-order chi connectivity index (χ1) is 11.8. The van der Waals surface area contributed by atoms with Gasteiger partial charge in [0.1, 0.15) is 0 Å². The predicted octanol–water partition coefficient (Wildman–Crippen LogP) is 5.22. The second-order valence-corrected chi connectivity index (χ2v) is 6.38. The maximum atomic E-state index is 13.0. The van der Waals surface area contributed by atoms with Crippen molar-refractivity contribution in [2.75, 3.05) is 0 Å². The molecule has 5 heteroatoms. The van der Waals surface area contributed by atoms with Crippen LogP contribution < -0.4 is 11.1 Å². The van der Waals surface area contributed by atoms with Gasteiger partial charge in [0.05, 0.1) is 5.56 Å². The van der Waals surface area contributed by atoms with Gasteiger partial charge in [0, 0.05) is 18.1 Å². The molecule has 0 aliphatic rings. The molecular weight excluding hydrogens is 325 g/mol. The van der Waals surface area contributed by atoms with Gasteiger partial charge in [-0.15, -0.1) is 0 Å². The van der Waals surface area contributed by atoms with E-state index in [-0.39, 0.29) is 18.1 Å². The molecule has 2 aromatic rings. The lowest BCUT2D eigenvalue weighted by atomic mass is 9.95. The average Bonchev–Trinajstić information content (AvgIpc) is 2.58. The van der Waals surface area contributed by atoms with Crippen LogP contribution in [0.4, 0.5) is 13.2 Å². The van der Waals surface area contributed by atoms with Gasteiger partial charge in [-0.2, -0.15) is 13.2 Å². The fourth-order valence-corrected chi connectivity index (χ4v) is 3.00. The van der Waals surface area contributed by atoms with Crippen LogP contribution in [0.15, 0.2) is 54.6 Å². The van der Waals surface area contributed by atoms with Crippen LogP contribution in [0.1, 0.15) is 55.5 Å². The molecule has 0 fully saturated rings. The number of nitrogens with two attached hydrogens (primary N) is 1. The van der Waals surface area contributed by atoms with Gasteiger partial charge in [0.25, 0.3) is 0 Å². The highest BCUT2D eigenvalue weighted by molar-refractivity contribution is 5.29. The zero-order valence-electron chi connectivity index (χ0n) is 14.6. The van der Waals surface area contributed by atoms with Crippen LogP contribution in [0.3, 0.4) is 0 Å². The van der Waals surface area contributed by atoms with Gasteiger partial charge in [0.15, 0.2) is 0 Å². The minimum atomic E-state index is -4.36. The van der Waals surface area contributed by atoms with Gasteiger partial charge in [-0.05, 0) is 36.6 Å². The second-order valence-electron chi connectivity index (χ2n) is 6.38. The number of hydrogen-bond acceptors (Lipinski definition) is 2. The Morgan fingerprint density at radius 1 is 1.00 bits per heavy atom. The minimum absolute atomic E-state index is 0.0387. The number of benzene rings is 2. The monoisotopic (exact) mass is 350 g/mol. The van der Waals surface area contributed by atoms with Crippen molar-refractivity contribution in [2.45, 2.75) is 51.0 Å². The fraction of sp³-hybridized carbons (Fsp3) is 0.400. The lowest BCUT2D eigenvalue weighted by molar-refractivity contribution is -0.137. The summed E-state index contributed by atoms with van der Waals surface area (Å²) in [6, 6.07) is 14.7. The molecule has 0 radical (unpaired) electrons. The zero-order valence-corrected chi connectivity index (χ0v) is 14.6. The Kier molecular flexibility index (Phi) is 6.62. The van der Waals surface area contributed by atoms with Crippen LogP contribution in [-0.4, -0.2) is 6.04 Å². The Morgan fingerprint density at radius 2 is 1.64 bits per heavy atom.